The van der Waals surface area contributed by atoms with Gasteiger partial charge in [0, 0.05) is 32.2 Å². The molecule has 41 heavy (non-hydrogen) atoms. The minimum atomic E-state index is -3.90. The minimum Gasteiger partial charge on any atom is -0.496 e. The highest BCUT2D eigenvalue weighted by Gasteiger charge is 2.33. The molecule has 0 radical (unpaired) electrons. The Hall–Kier alpha value is -3.76. The Balaban J connectivity index is 1.54. The van der Waals surface area contributed by atoms with Gasteiger partial charge in [-0.25, -0.2) is 12.8 Å². The lowest BCUT2D eigenvalue weighted by molar-refractivity contribution is -0.135. The molecular formula is C31H36FN3O5S. The van der Waals surface area contributed by atoms with Gasteiger partial charge in [0.25, 0.3) is 5.91 Å². The molecule has 0 aromatic heterocycles. The van der Waals surface area contributed by atoms with Crippen molar-refractivity contribution in [3.63, 3.8) is 0 Å². The van der Waals surface area contributed by atoms with Crippen LogP contribution in [0.4, 0.5) is 4.39 Å². The monoisotopic (exact) mass is 581 g/mol. The average molecular weight is 582 g/mol. The zero-order valence-corrected chi connectivity index (χ0v) is 24.2. The smallest absolute Gasteiger partial charge is 0.257 e. The van der Waals surface area contributed by atoms with Crippen molar-refractivity contribution >= 4 is 21.8 Å². The van der Waals surface area contributed by atoms with E-state index in [2.05, 4.69) is 0 Å². The summed E-state index contributed by atoms with van der Waals surface area (Å²) in [6.45, 7) is 2.67. The first-order valence-electron chi connectivity index (χ1n) is 13.8. The lowest BCUT2D eigenvalue weighted by Gasteiger charge is -2.39. The van der Waals surface area contributed by atoms with Gasteiger partial charge in [-0.05, 0) is 61.2 Å². The molecule has 0 N–H and O–H groups in total. The fraction of sp³-hybridized carbons (Fsp3) is 0.355. The van der Waals surface area contributed by atoms with Crippen molar-refractivity contribution < 1.29 is 27.1 Å². The number of sulfonamides is 1. The van der Waals surface area contributed by atoms with Gasteiger partial charge in [-0.15, -0.1) is 0 Å². The summed E-state index contributed by atoms with van der Waals surface area (Å²) in [6, 6.07) is 20.9. The van der Waals surface area contributed by atoms with E-state index < -0.39 is 15.8 Å². The highest BCUT2D eigenvalue weighted by Crippen LogP contribution is 2.25. The molecule has 8 nitrogen and oxygen atoms in total. The highest BCUT2D eigenvalue weighted by atomic mass is 32.2. The standard InChI is InChI=1S/C31H36FN3O5S/c1-3-18-34(41(38,39)27-12-5-4-6-13-27)23-30(36)35(22-24-10-9-11-25(32)21-24)26-16-19-33(20-17-26)31(37)28-14-7-8-15-29(28)40-2/h4-15,21,26H,3,16-20,22-23H2,1-2H3. The van der Waals surface area contributed by atoms with Crippen LogP contribution >= 0.6 is 0 Å². The van der Waals surface area contributed by atoms with E-state index in [-0.39, 0.29) is 42.4 Å². The summed E-state index contributed by atoms with van der Waals surface area (Å²) in [7, 11) is -2.38. The van der Waals surface area contributed by atoms with Gasteiger partial charge in [0.1, 0.15) is 11.6 Å². The van der Waals surface area contributed by atoms with Gasteiger partial charge in [0.05, 0.1) is 24.1 Å². The summed E-state index contributed by atoms with van der Waals surface area (Å²) >= 11 is 0. The van der Waals surface area contributed by atoms with Crippen LogP contribution in [0.5, 0.6) is 5.75 Å². The Labute approximate surface area is 241 Å². The third-order valence-corrected chi connectivity index (χ3v) is 9.12. The van der Waals surface area contributed by atoms with E-state index in [9.17, 15) is 22.4 Å². The number of carbonyl (C=O) groups is 2. The van der Waals surface area contributed by atoms with Crippen molar-refractivity contribution in [2.75, 3.05) is 33.3 Å². The number of amides is 2. The lowest BCUT2D eigenvalue weighted by atomic mass is 10.0. The molecule has 0 spiro atoms. The number of piperidine rings is 1. The van der Waals surface area contributed by atoms with Crippen molar-refractivity contribution in [3.05, 3.63) is 95.8 Å². The number of ether oxygens (including phenoxy) is 1. The van der Waals surface area contributed by atoms with Crippen LogP contribution in [0.3, 0.4) is 0 Å². The summed E-state index contributed by atoms with van der Waals surface area (Å²) < 4.78 is 47.4. The Morgan fingerprint density at radius 2 is 1.66 bits per heavy atom. The predicted octanol–water partition coefficient (Wildman–Crippen LogP) is 4.57. The van der Waals surface area contributed by atoms with E-state index in [0.29, 0.717) is 49.2 Å². The normalized spacial score (nSPS) is 14.2. The molecule has 2 amide bonds. The average Bonchev–Trinajstić information content (AvgIpc) is 2.99. The van der Waals surface area contributed by atoms with Crippen LogP contribution in [0, 0.1) is 5.82 Å². The van der Waals surface area contributed by atoms with E-state index in [4.69, 9.17) is 4.74 Å². The third-order valence-electron chi connectivity index (χ3n) is 7.26. The Bertz CT molecular complexity index is 1440. The minimum absolute atomic E-state index is 0.126. The second kappa shape index (κ2) is 13.7. The number of hydrogen-bond acceptors (Lipinski definition) is 5. The summed E-state index contributed by atoms with van der Waals surface area (Å²) in [5, 5.41) is 0. The molecule has 0 unspecified atom stereocenters. The van der Waals surface area contributed by atoms with Gasteiger partial charge in [-0.3, -0.25) is 9.59 Å². The van der Waals surface area contributed by atoms with Gasteiger partial charge in [0.15, 0.2) is 0 Å². The molecule has 1 saturated heterocycles. The lowest BCUT2D eigenvalue weighted by Crippen LogP contribution is -2.51. The number of rotatable bonds is 11. The second-order valence-corrected chi connectivity index (χ2v) is 12.0. The number of benzene rings is 3. The molecule has 1 fully saturated rings. The number of hydrogen-bond donors (Lipinski definition) is 0. The van der Waals surface area contributed by atoms with Crippen LogP contribution in [-0.2, 0) is 21.4 Å². The molecule has 0 bridgehead atoms. The van der Waals surface area contributed by atoms with E-state index >= 15 is 0 Å². The number of halogens is 1. The summed E-state index contributed by atoms with van der Waals surface area (Å²) in [6.07, 6.45) is 1.54. The topological polar surface area (TPSA) is 87.2 Å². The molecule has 4 rings (SSSR count). The van der Waals surface area contributed by atoms with Crippen LogP contribution in [0.25, 0.3) is 0 Å². The van der Waals surface area contributed by atoms with Gasteiger partial charge in [-0.1, -0.05) is 49.4 Å². The van der Waals surface area contributed by atoms with E-state index in [1.165, 1.54) is 35.7 Å². The summed E-state index contributed by atoms with van der Waals surface area (Å²) in [5.41, 5.74) is 1.08. The van der Waals surface area contributed by atoms with Crippen LogP contribution < -0.4 is 4.74 Å². The first kappa shape index (κ1) is 30.2. The van der Waals surface area contributed by atoms with Gasteiger partial charge in [-0.2, -0.15) is 4.31 Å². The summed E-state index contributed by atoms with van der Waals surface area (Å²) in [5.74, 6) is -0.423. The largest absolute Gasteiger partial charge is 0.496 e. The van der Waals surface area contributed by atoms with Crippen LogP contribution in [0.1, 0.15) is 42.1 Å². The van der Waals surface area contributed by atoms with Crippen LogP contribution in [0.2, 0.25) is 0 Å². The maximum absolute atomic E-state index is 14.0. The first-order chi connectivity index (χ1) is 19.7. The van der Waals surface area contributed by atoms with E-state index in [1.807, 2.05) is 6.92 Å². The molecular weight excluding hydrogens is 545 g/mol. The van der Waals surface area contributed by atoms with Crippen molar-refractivity contribution in [1.29, 1.82) is 0 Å². The molecule has 218 valence electrons. The summed E-state index contributed by atoms with van der Waals surface area (Å²) in [4.78, 5) is 30.6. The highest BCUT2D eigenvalue weighted by molar-refractivity contribution is 7.89. The molecule has 1 aliphatic rings. The molecule has 1 aliphatic heterocycles. The van der Waals surface area contributed by atoms with Gasteiger partial charge < -0.3 is 14.5 Å². The third kappa shape index (κ3) is 7.31. The quantitative estimate of drug-likeness (QED) is 0.331. The Morgan fingerprint density at radius 3 is 2.32 bits per heavy atom. The zero-order valence-electron chi connectivity index (χ0n) is 23.4. The number of likely N-dealkylation sites (tertiary alicyclic amines) is 1. The SMILES string of the molecule is CCCN(CC(=O)N(Cc1cccc(F)c1)C1CCN(C(=O)c2ccccc2OC)CC1)S(=O)(=O)c1ccccc1. The number of methoxy groups -OCH3 is 1. The maximum atomic E-state index is 14.0. The Morgan fingerprint density at radius 1 is 0.976 bits per heavy atom. The zero-order chi connectivity index (χ0) is 29.4. The van der Waals surface area contributed by atoms with E-state index in [1.54, 1.807) is 64.4 Å². The van der Waals surface area contributed by atoms with E-state index in [0.717, 1.165) is 0 Å². The van der Waals surface area contributed by atoms with Crippen molar-refractivity contribution in [2.24, 2.45) is 0 Å². The molecule has 0 saturated carbocycles. The van der Waals surface area contributed by atoms with Crippen LogP contribution in [-0.4, -0.2) is 73.7 Å². The predicted molar refractivity (Wildman–Crippen MR) is 154 cm³/mol. The van der Waals surface area contributed by atoms with Crippen molar-refractivity contribution in [2.45, 2.75) is 43.7 Å². The second-order valence-electron chi connectivity index (χ2n) is 10.0. The van der Waals surface area contributed by atoms with Crippen LogP contribution in [0.15, 0.2) is 83.8 Å². The van der Waals surface area contributed by atoms with Gasteiger partial charge >= 0.3 is 0 Å². The Kier molecular flexibility index (Phi) is 10.1. The molecule has 10 heteroatoms. The molecule has 1 heterocycles. The van der Waals surface area contributed by atoms with Gasteiger partial charge in [0.2, 0.25) is 15.9 Å². The number of nitrogens with zero attached hydrogens (tertiary/aromatic N) is 3. The number of para-hydroxylation sites is 1. The molecule has 0 atom stereocenters. The fourth-order valence-electron chi connectivity index (χ4n) is 5.14. The maximum Gasteiger partial charge on any atom is 0.257 e. The number of carbonyl (C=O) groups excluding carboxylic acids is 2. The molecule has 3 aromatic rings. The first-order valence-corrected chi connectivity index (χ1v) is 15.2. The van der Waals surface area contributed by atoms with Crippen molar-refractivity contribution in [3.8, 4) is 5.75 Å². The molecule has 0 aliphatic carbocycles. The van der Waals surface area contributed by atoms with Crippen molar-refractivity contribution in [1.82, 2.24) is 14.1 Å². The fourth-order valence-corrected chi connectivity index (χ4v) is 6.64. The molecule has 3 aromatic carbocycles.